The maximum atomic E-state index is 13.6. The largest absolute Gasteiger partial charge is 0.323 e. The number of halogens is 1. The lowest BCUT2D eigenvalue weighted by molar-refractivity contribution is -0.126. The van der Waals surface area contributed by atoms with Crippen molar-refractivity contribution in [2.45, 2.75) is 31.7 Å². The zero-order valence-corrected chi connectivity index (χ0v) is 10.6. The van der Waals surface area contributed by atoms with Gasteiger partial charge in [0.1, 0.15) is 12.4 Å². The van der Waals surface area contributed by atoms with Gasteiger partial charge in [-0.1, -0.05) is 25.0 Å². The van der Waals surface area contributed by atoms with E-state index in [1.807, 2.05) is 0 Å². The van der Waals surface area contributed by atoms with E-state index < -0.39 is 0 Å². The maximum Gasteiger partial charge on any atom is 0.251 e. The van der Waals surface area contributed by atoms with Crippen LogP contribution in [0.25, 0.3) is 0 Å². The minimum atomic E-state index is -0.337. The van der Waals surface area contributed by atoms with Gasteiger partial charge >= 0.3 is 0 Å². The number of hydrogen-bond donors (Lipinski definition) is 1. The third kappa shape index (κ3) is 2.32. The summed E-state index contributed by atoms with van der Waals surface area (Å²) in [5.41, 5.74) is 0.360. The van der Waals surface area contributed by atoms with Crippen molar-refractivity contribution in [3.05, 3.63) is 30.1 Å². The molecule has 0 spiro atoms. The summed E-state index contributed by atoms with van der Waals surface area (Å²) >= 11 is 0. The molecule has 1 aliphatic carbocycles. The van der Waals surface area contributed by atoms with Gasteiger partial charge in [0.25, 0.3) is 5.91 Å². The number of carbonyl (C=O) groups excluding carboxylic acids is 1. The van der Waals surface area contributed by atoms with Gasteiger partial charge in [-0.05, 0) is 25.0 Å². The molecule has 0 atom stereocenters. The first-order valence-corrected chi connectivity index (χ1v) is 6.64. The molecule has 1 heterocycles. The molecule has 19 heavy (non-hydrogen) atoms. The fourth-order valence-corrected chi connectivity index (χ4v) is 2.73. The summed E-state index contributed by atoms with van der Waals surface area (Å²) < 4.78 is 13.6. The average molecular weight is 261 g/mol. The summed E-state index contributed by atoms with van der Waals surface area (Å²) in [6.07, 6.45) is 4.29. The molecule has 1 saturated carbocycles. The van der Waals surface area contributed by atoms with Gasteiger partial charge in [0.2, 0.25) is 5.96 Å². The number of benzene rings is 1. The Morgan fingerprint density at radius 3 is 2.74 bits per heavy atom. The number of rotatable bonds is 2. The molecule has 1 aliphatic heterocycles. The number of para-hydroxylation sites is 1. The molecule has 1 aromatic carbocycles. The van der Waals surface area contributed by atoms with Crippen molar-refractivity contribution in [3.63, 3.8) is 0 Å². The van der Waals surface area contributed by atoms with E-state index in [2.05, 4.69) is 10.3 Å². The van der Waals surface area contributed by atoms with Crippen LogP contribution in [0.15, 0.2) is 29.3 Å². The third-order valence-electron chi connectivity index (χ3n) is 3.67. The van der Waals surface area contributed by atoms with Gasteiger partial charge in [0.15, 0.2) is 0 Å². The fourth-order valence-electron chi connectivity index (χ4n) is 2.73. The molecule has 3 rings (SSSR count). The lowest BCUT2D eigenvalue weighted by Crippen LogP contribution is -2.43. The van der Waals surface area contributed by atoms with Crippen LogP contribution in [0.1, 0.15) is 25.7 Å². The van der Waals surface area contributed by atoms with E-state index in [1.165, 1.54) is 6.07 Å². The summed E-state index contributed by atoms with van der Waals surface area (Å²) in [5.74, 6) is 0.156. The smallest absolute Gasteiger partial charge is 0.251 e. The molecule has 0 bridgehead atoms. The maximum absolute atomic E-state index is 13.6. The second kappa shape index (κ2) is 4.99. The van der Waals surface area contributed by atoms with E-state index in [1.54, 1.807) is 23.1 Å². The summed E-state index contributed by atoms with van der Waals surface area (Å²) in [4.78, 5) is 17.8. The predicted molar refractivity (Wildman–Crippen MR) is 71.4 cm³/mol. The molecule has 4 nitrogen and oxygen atoms in total. The summed E-state index contributed by atoms with van der Waals surface area (Å²) in [6, 6.07) is 6.64. The SMILES string of the molecule is O=C1CN=C(Nc2ccccc2F)N1C1CCCC1. The molecular weight excluding hydrogens is 245 g/mol. The Bertz CT molecular complexity index is 523. The third-order valence-corrected chi connectivity index (χ3v) is 3.67. The number of nitrogens with one attached hydrogen (secondary N) is 1. The highest BCUT2D eigenvalue weighted by Crippen LogP contribution is 2.26. The van der Waals surface area contributed by atoms with Crippen LogP contribution in [0.3, 0.4) is 0 Å². The first-order valence-electron chi connectivity index (χ1n) is 6.64. The highest BCUT2D eigenvalue weighted by molar-refractivity contribution is 6.09. The zero-order chi connectivity index (χ0) is 13.2. The Morgan fingerprint density at radius 2 is 2.00 bits per heavy atom. The number of anilines is 1. The average Bonchev–Trinajstić information content (AvgIpc) is 3.02. The molecule has 2 aliphatic rings. The van der Waals surface area contributed by atoms with Crippen molar-refractivity contribution in [1.29, 1.82) is 0 Å². The number of hydrogen-bond acceptors (Lipinski definition) is 3. The fraction of sp³-hybridized carbons (Fsp3) is 0.429. The van der Waals surface area contributed by atoms with Gasteiger partial charge in [-0.3, -0.25) is 9.69 Å². The normalized spacial score (nSPS) is 19.9. The number of guanidine groups is 1. The molecule has 0 saturated heterocycles. The van der Waals surface area contributed by atoms with Crippen molar-refractivity contribution in [3.8, 4) is 0 Å². The zero-order valence-electron chi connectivity index (χ0n) is 10.6. The van der Waals surface area contributed by atoms with Gasteiger partial charge in [-0.25, -0.2) is 9.38 Å². The van der Waals surface area contributed by atoms with E-state index in [9.17, 15) is 9.18 Å². The molecule has 100 valence electrons. The summed E-state index contributed by atoms with van der Waals surface area (Å²) in [6.45, 7) is 0.160. The molecule has 0 aromatic heterocycles. The summed E-state index contributed by atoms with van der Waals surface area (Å²) in [5, 5.41) is 2.95. The highest BCUT2D eigenvalue weighted by Gasteiger charge is 2.34. The van der Waals surface area contributed by atoms with E-state index in [4.69, 9.17) is 0 Å². The van der Waals surface area contributed by atoms with Crippen molar-refractivity contribution < 1.29 is 9.18 Å². The van der Waals surface area contributed by atoms with Gasteiger partial charge in [0, 0.05) is 6.04 Å². The van der Waals surface area contributed by atoms with Gasteiger partial charge in [-0.15, -0.1) is 0 Å². The first kappa shape index (κ1) is 12.1. The van der Waals surface area contributed by atoms with Crippen molar-refractivity contribution >= 4 is 17.6 Å². The van der Waals surface area contributed by atoms with Crippen LogP contribution in [0.2, 0.25) is 0 Å². The van der Waals surface area contributed by atoms with E-state index in [-0.39, 0.29) is 24.3 Å². The topological polar surface area (TPSA) is 44.7 Å². The number of nitrogens with zero attached hydrogens (tertiary/aromatic N) is 2. The standard InChI is InChI=1S/C14H16FN3O/c15-11-7-3-4-8-12(11)17-14-16-9-13(19)18(14)10-5-1-2-6-10/h3-4,7-8,10H,1-2,5-6,9H2,(H,16,17). The minimum absolute atomic E-state index is 0.00531. The first-order chi connectivity index (χ1) is 9.25. The van der Waals surface area contributed by atoms with Crippen LogP contribution < -0.4 is 5.32 Å². The monoisotopic (exact) mass is 261 g/mol. The molecule has 1 amide bonds. The molecular formula is C14H16FN3O. The van der Waals surface area contributed by atoms with Crippen LogP contribution in [-0.2, 0) is 4.79 Å². The number of amides is 1. The second-order valence-corrected chi connectivity index (χ2v) is 4.95. The van der Waals surface area contributed by atoms with Crippen LogP contribution in [0, 0.1) is 5.82 Å². The highest BCUT2D eigenvalue weighted by atomic mass is 19.1. The molecule has 0 unspecified atom stereocenters. The van der Waals surface area contributed by atoms with Crippen molar-refractivity contribution in [2.75, 3.05) is 11.9 Å². The van der Waals surface area contributed by atoms with Gasteiger partial charge < -0.3 is 5.32 Å². The van der Waals surface area contributed by atoms with Gasteiger partial charge in [0.05, 0.1) is 5.69 Å². The number of carbonyl (C=O) groups is 1. The van der Waals surface area contributed by atoms with E-state index in [0.717, 1.165) is 25.7 Å². The Labute approximate surface area is 111 Å². The Kier molecular flexibility index (Phi) is 3.19. The molecule has 1 aromatic rings. The van der Waals surface area contributed by atoms with Crippen LogP contribution in [-0.4, -0.2) is 29.4 Å². The van der Waals surface area contributed by atoms with Crippen LogP contribution >= 0.6 is 0 Å². The molecule has 5 heteroatoms. The van der Waals surface area contributed by atoms with Crippen molar-refractivity contribution in [1.82, 2.24) is 4.90 Å². The van der Waals surface area contributed by atoms with E-state index >= 15 is 0 Å². The Hall–Kier alpha value is -1.91. The second-order valence-electron chi connectivity index (χ2n) is 4.95. The lowest BCUT2D eigenvalue weighted by Gasteiger charge is -2.25. The number of aliphatic imine (C=N–C) groups is 1. The molecule has 1 fully saturated rings. The Morgan fingerprint density at radius 1 is 1.26 bits per heavy atom. The molecule has 1 N–H and O–H groups in total. The lowest BCUT2D eigenvalue weighted by atomic mass is 10.2. The van der Waals surface area contributed by atoms with Gasteiger partial charge in [-0.2, -0.15) is 0 Å². The van der Waals surface area contributed by atoms with Crippen molar-refractivity contribution in [2.24, 2.45) is 4.99 Å². The van der Waals surface area contributed by atoms with Crippen LogP contribution in [0.5, 0.6) is 0 Å². The predicted octanol–water partition coefficient (Wildman–Crippen LogP) is 2.38. The molecule has 0 radical (unpaired) electrons. The quantitative estimate of drug-likeness (QED) is 0.888. The Balaban J connectivity index is 1.79. The minimum Gasteiger partial charge on any atom is -0.323 e. The summed E-state index contributed by atoms with van der Waals surface area (Å²) in [7, 11) is 0. The van der Waals surface area contributed by atoms with Crippen LogP contribution in [0.4, 0.5) is 10.1 Å². The van der Waals surface area contributed by atoms with E-state index in [0.29, 0.717) is 11.6 Å².